The minimum atomic E-state index is -0.751. The van der Waals surface area contributed by atoms with Crippen molar-refractivity contribution in [3.63, 3.8) is 0 Å². The van der Waals surface area contributed by atoms with Crippen molar-refractivity contribution in [1.82, 2.24) is 29.6 Å². The molecule has 0 amide bonds. The summed E-state index contributed by atoms with van der Waals surface area (Å²) in [5, 5.41) is 6.45. The SMILES string of the molecule is F[C@H]1C[C@@H](CNCc2cnc3cnccn23)N(Cc2nccs2)C1. The van der Waals surface area contributed by atoms with Crippen LogP contribution >= 0.6 is 11.3 Å². The minimum absolute atomic E-state index is 0.199. The average molecular weight is 346 g/mol. The van der Waals surface area contributed by atoms with Gasteiger partial charge in [0.2, 0.25) is 0 Å². The summed E-state index contributed by atoms with van der Waals surface area (Å²) in [6, 6.07) is 0.199. The molecule has 0 bridgehead atoms. The molecule has 0 aliphatic carbocycles. The third kappa shape index (κ3) is 3.31. The highest BCUT2D eigenvalue weighted by Crippen LogP contribution is 2.23. The summed E-state index contributed by atoms with van der Waals surface area (Å²) < 4.78 is 15.9. The average Bonchev–Trinajstić information content (AvgIpc) is 3.30. The van der Waals surface area contributed by atoms with E-state index < -0.39 is 6.17 Å². The molecule has 4 heterocycles. The number of likely N-dealkylation sites (tertiary alicyclic amines) is 1. The number of rotatable bonds is 6. The second-order valence-electron chi connectivity index (χ2n) is 6.03. The van der Waals surface area contributed by atoms with Crippen molar-refractivity contribution in [1.29, 1.82) is 0 Å². The first-order valence-electron chi connectivity index (χ1n) is 8.03. The Labute approximate surface area is 143 Å². The van der Waals surface area contributed by atoms with Crippen LogP contribution in [-0.2, 0) is 13.1 Å². The standard InChI is InChI=1S/C16H19FN6S/c17-12-5-13(22(10-12)11-16-20-2-4-24-16)6-19-7-14-8-21-15-9-18-1-3-23(14)15/h1-4,8-9,12-13,19H,5-7,10-11H2/t12-,13-/m0/s1. The maximum Gasteiger partial charge on any atom is 0.155 e. The van der Waals surface area contributed by atoms with Gasteiger partial charge in [0.25, 0.3) is 0 Å². The van der Waals surface area contributed by atoms with E-state index in [0.29, 0.717) is 19.5 Å². The maximum absolute atomic E-state index is 13.9. The first-order chi connectivity index (χ1) is 11.8. The van der Waals surface area contributed by atoms with Gasteiger partial charge in [0.15, 0.2) is 5.65 Å². The van der Waals surface area contributed by atoms with Gasteiger partial charge in [-0.1, -0.05) is 0 Å². The Balaban J connectivity index is 1.35. The summed E-state index contributed by atoms with van der Waals surface area (Å²) in [4.78, 5) is 14.9. The van der Waals surface area contributed by atoms with Crippen molar-refractivity contribution in [2.24, 2.45) is 0 Å². The van der Waals surface area contributed by atoms with Crippen molar-refractivity contribution in [3.05, 3.63) is 47.1 Å². The van der Waals surface area contributed by atoms with Crippen LogP contribution in [-0.4, -0.2) is 49.6 Å². The van der Waals surface area contributed by atoms with E-state index in [2.05, 4.69) is 25.2 Å². The topological polar surface area (TPSA) is 58.4 Å². The number of hydrogen-bond acceptors (Lipinski definition) is 6. The highest BCUT2D eigenvalue weighted by atomic mass is 32.1. The van der Waals surface area contributed by atoms with Gasteiger partial charge in [-0.05, 0) is 6.42 Å². The Kier molecular flexibility index (Phi) is 4.50. The molecule has 3 aromatic heterocycles. The van der Waals surface area contributed by atoms with Crippen LogP contribution in [0.25, 0.3) is 5.65 Å². The smallest absolute Gasteiger partial charge is 0.155 e. The van der Waals surface area contributed by atoms with Gasteiger partial charge in [-0.15, -0.1) is 11.3 Å². The van der Waals surface area contributed by atoms with E-state index in [1.54, 1.807) is 29.9 Å². The Morgan fingerprint density at radius 2 is 2.25 bits per heavy atom. The van der Waals surface area contributed by atoms with Gasteiger partial charge in [-0.25, -0.2) is 14.4 Å². The van der Waals surface area contributed by atoms with Gasteiger partial charge in [-0.3, -0.25) is 14.3 Å². The van der Waals surface area contributed by atoms with Crippen LogP contribution in [0.4, 0.5) is 4.39 Å². The molecule has 1 N–H and O–H groups in total. The molecular formula is C16H19FN6S. The fourth-order valence-electron chi connectivity index (χ4n) is 3.23. The van der Waals surface area contributed by atoms with Crippen molar-refractivity contribution in [2.75, 3.05) is 13.1 Å². The summed E-state index contributed by atoms with van der Waals surface area (Å²) in [7, 11) is 0. The fourth-order valence-corrected chi connectivity index (χ4v) is 3.87. The molecule has 6 nitrogen and oxygen atoms in total. The lowest BCUT2D eigenvalue weighted by Crippen LogP contribution is -2.37. The molecular weight excluding hydrogens is 327 g/mol. The summed E-state index contributed by atoms with van der Waals surface area (Å²) in [6.45, 7) is 2.67. The molecule has 1 aliphatic rings. The lowest BCUT2D eigenvalue weighted by molar-refractivity contribution is 0.229. The largest absolute Gasteiger partial charge is 0.310 e. The maximum atomic E-state index is 13.9. The van der Waals surface area contributed by atoms with Crippen molar-refractivity contribution >= 4 is 17.0 Å². The molecule has 0 radical (unpaired) electrons. The van der Waals surface area contributed by atoms with Crippen molar-refractivity contribution < 1.29 is 4.39 Å². The molecule has 2 atom stereocenters. The predicted octanol–water partition coefficient (Wildman–Crippen LogP) is 1.89. The zero-order valence-corrected chi connectivity index (χ0v) is 14.0. The third-order valence-electron chi connectivity index (χ3n) is 4.38. The highest BCUT2D eigenvalue weighted by molar-refractivity contribution is 7.09. The Morgan fingerprint density at radius 3 is 3.12 bits per heavy atom. The lowest BCUT2D eigenvalue weighted by Gasteiger charge is -2.23. The van der Waals surface area contributed by atoms with Crippen LogP contribution in [0.15, 0.2) is 36.4 Å². The number of nitrogens with one attached hydrogen (secondary N) is 1. The molecule has 1 aliphatic heterocycles. The number of hydrogen-bond donors (Lipinski definition) is 1. The molecule has 1 saturated heterocycles. The molecule has 0 saturated carbocycles. The normalized spacial score (nSPS) is 21.7. The molecule has 4 rings (SSSR count). The van der Waals surface area contributed by atoms with Crippen LogP contribution in [0, 0.1) is 0 Å². The van der Waals surface area contributed by atoms with Gasteiger partial charge in [0.05, 0.1) is 24.6 Å². The molecule has 126 valence electrons. The quantitative estimate of drug-likeness (QED) is 0.739. The summed E-state index contributed by atoms with van der Waals surface area (Å²) in [5.74, 6) is 0. The fraction of sp³-hybridized carbons (Fsp3) is 0.438. The number of imidazole rings is 1. The third-order valence-corrected chi connectivity index (χ3v) is 5.14. The first kappa shape index (κ1) is 15.6. The monoisotopic (exact) mass is 346 g/mol. The van der Waals surface area contributed by atoms with Crippen molar-refractivity contribution in [2.45, 2.75) is 31.7 Å². The van der Waals surface area contributed by atoms with Crippen LogP contribution in [0.5, 0.6) is 0 Å². The Hall–Kier alpha value is -1.90. The van der Waals surface area contributed by atoms with E-state index in [1.165, 1.54) is 0 Å². The minimum Gasteiger partial charge on any atom is -0.310 e. The molecule has 3 aromatic rings. The zero-order chi connectivity index (χ0) is 16.4. The molecule has 1 fully saturated rings. The molecule has 0 aromatic carbocycles. The summed E-state index contributed by atoms with van der Waals surface area (Å²) in [6.07, 6.45) is 8.87. The van der Waals surface area contributed by atoms with Gasteiger partial charge < -0.3 is 5.32 Å². The van der Waals surface area contributed by atoms with Gasteiger partial charge >= 0.3 is 0 Å². The molecule has 0 spiro atoms. The van der Waals surface area contributed by atoms with E-state index in [1.807, 2.05) is 22.2 Å². The van der Waals surface area contributed by atoms with Crippen LogP contribution in [0.1, 0.15) is 17.1 Å². The molecule has 0 unspecified atom stereocenters. The number of nitrogens with zero attached hydrogens (tertiary/aromatic N) is 5. The molecule has 24 heavy (non-hydrogen) atoms. The zero-order valence-electron chi connectivity index (χ0n) is 13.2. The lowest BCUT2D eigenvalue weighted by atomic mass is 10.2. The van der Waals surface area contributed by atoms with Crippen LogP contribution in [0.2, 0.25) is 0 Å². The van der Waals surface area contributed by atoms with Gasteiger partial charge in [0, 0.05) is 49.6 Å². The van der Waals surface area contributed by atoms with Gasteiger partial charge in [-0.2, -0.15) is 0 Å². The van der Waals surface area contributed by atoms with E-state index >= 15 is 0 Å². The second kappa shape index (κ2) is 6.92. The van der Waals surface area contributed by atoms with Crippen molar-refractivity contribution in [3.8, 4) is 0 Å². The van der Waals surface area contributed by atoms with E-state index in [0.717, 1.165) is 29.4 Å². The highest BCUT2D eigenvalue weighted by Gasteiger charge is 2.32. The predicted molar refractivity (Wildman–Crippen MR) is 90.5 cm³/mol. The van der Waals surface area contributed by atoms with E-state index in [9.17, 15) is 4.39 Å². The Bertz CT molecular complexity index is 789. The molecule has 8 heteroatoms. The number of halogens is 1. The van der Waals surface area contributed by atoms with Crippen LogP contribution < -0.4 is 5.32 Å². The second-order valence-corrected chi connectivity index (χ2v) is 7.01. The van der Waals surface area contributed by atoms with E-state index in [4.69, 9.17) is 0 Å². The van der Waals surface area contributed by atoms with Crippen LogP contribution in [0.3, 0.4) is 0 Å². The van der Waals surface area contributed by atoms with E-state index in [-0.39, 0.29) is 6.04 Å². The number of thiazole rings is 1. The Morgan fingerprint density at radius 1 is 1.29 bits per heavy atom. The number of fused-ring (bicyclic) bond motifs is 1. The van der Waals surface area contributed by atoms with Gasteiger partial charge in [0.1, 0.15) is 11.2 Å². The number of aromatic nitrogens is 4. The summed E-state index contributed by atoms with van der Waals surface area (Å²) in [5.41, 5.74) is 1.91. The number of alkyl halides is 1. The summed E-state index contributed by atoms with van der Waals surface area (Å²) >= 11 is 1.62. The first-order valence-corrected chi connectivity index (χ1v) is 8.90.